The molecule has 1 aliphatic rings. The van der Waals surface area contributed by atoms with Crippen molar-refractivity contribution in [1.82, 2.24) is 20.4 Å². The Hall–Kier alpha value is -1.90. The summed E-state index contributed by atoms with van der Waals surface area (Å²) in [6, 6.07) is 7.00. The number of hydrogen-bond acceptors (Lipinski definition) is 4. The number of amides is 2. The van der Waals surface area contributed by atoms with Crippen molar-refractivity contribution in [2.24, 2.45) is 0 Å². The first-order valence-electron chi connectivity index (χ1n) is 8.79. The molecular formula is C18H21BrClN5O2. The van der Waals surface area contributed by atoms with E-state index >= 15 is 0 Å². The molecule has 0 saturated carbocycles. The van der Waals surface area contributed by atoms with Crippen molar-refractivity contribution in [3.05, 3.63) is 45.0 Å². The van der Waals surface area contributed by atoms with Crippen LogP contribution in [0, 0.1) is 0 Å². The minimum Gasteiger partial charge on any atom is -0.349 e. The van der Waals surface area contributed by atoms with E-state index in [0.717, 1.165) is 13.1 Å². The highest BCUT2D eigenvalue weighted by molar-refractivity contribution is 9.10. The predicted octanol–water partition coefficient (Wildman–Crippen LogP) is 3.29. The van der Waals surface area contributed by atoms with Gasteiger partial charge in [0, 0.05) is 12.6 Å². The molecule has 2 amide bonds. The van der Waals surface area contributed by atoms with Gasteiger partial charge in [0.1, 0.15) is 5.69 Å². The standard InChI is InChI=1S/C18H21BrClN5O2/c1-11(25-8-4-5-9-25)10-21-18(27)15-14(19)16(24-23-15)22-17(26)12-6-2-3-7-13(12)20/h2-3,6-7,11H,4-5,8-10H2,1H3,(H,21,27)(H2,22,23,24,26). The summed E-state index contributed by atoms with van der Waals surface area (Å²) in [5, 5.41) is 12.6. The van der Waals surface area contributed by atoms with Gasteiger partial charge in [-0.25, -0.2) is 0 Å². The summed E-state index contributed by atoms with van der Waals surface area (Å²) >= 11 is 9.37. The van der Waals surface area contributed by atoms with Crippen LogP contribution in [0.25, 0.3) is 0 Å². The Bertz CT molecular complexity index is 835. The van der Waals surface area contributed by atoms with E-state index in [2.05, 4.69) is 48.6 Å². The Morgan fingerprint density at radius 3 is 2.70 bits per heavy atom. The Labute approximate surface area is 171 Å². The van der Waals surface area contributed by atoms with Crippen LogP contribution in [0.4, 0.5) is 5.82 Å². The van der Waals surface area contributed by atoms with Crippen molar-refractivity contribution in [3.8, 4) is 0 Å². The molecule has 1 aromatic carbocycles. The summed E-state index contributed by atoms with van der Waals surface area (Å²) in [6.07, 6.45) is 2.41. The molecule has 0 radical (unpaired) electrons. The normalized spacial score (nSPS) is 15.5. The predicted molar refractivity (Wildman–Crippen MR) is 108 cm³/mol. The van der Waals surface area contributed by atoms with E-state index in [1.807, 2.05) is 0 Å². The second-order valence-corrected chi connectivity index (χ2v) is 7.70. The van der Waals surface area contributed by atoms with Crippen molar-refractivity contribution in [2.45, 2.75) is 25.8 Å². The van der Waals surface area contributed by atoms with Crippen LogP contribution in [0.3, 0.4) is 0 Å². The lowest BCUT2D eigenvalue weighted by Crippen LogP contribution is -2.40. The third-order valence-electron chi connectivity index (χ3n) is 4.61. The van der Waals surface area contributed by atoms with E-state index in [0.29, 0.717) is 21.6 Å². The van der Waals surface area contributed by atoms with Gasteiger partial charge >= 0.3 is 0 Å². The molecule has 144 valence electrons. The van der Waals surface area contributed by atoms with Crippen molar-refractivity contribution >= 4 is 45.2 Å². The largest absolute Gasteiger partial charge is 0.349 e. The second kappa shape index (κ2) is 8.86. The van der Waals surface area contributed by atoms with Crippen molar-refractivity contribution in [2.75, 3.05) is 25.0 Å². The number of nitrogens with one attached hydrogen (secondary N) is 3. The number of anilines is 1. The molecule has 2 heterocycles. The fourth-order valence-electron chi connectivity index (χ4n) is 3.02. The number of aromatic amines is 1. The number of rotatable bonds is 6. The van der Waals surface area contributed by atoms with E-state index in [1.54, 1.807) is 24.3 Å². The Balaban J connectivity index is 1.61. The van der Waals surface area contributed by atoms with Gasteiger partial charge < -0.3 is 10.6 Å². The zero-order valence-corrected chi connectivity index (χ0v) is 17.2. The highest BCUT2D eigenvalue weighted by Crippen LogP contribution is 2.25. The van der Waals surface area contributed by atoms with Gasteiger partial charge in [-0.1, -0.05) is 23.7 Å². The number of carbonyl (C=O) groups is 2. The van der Waals surface area contributed by atoms with Crippen molar-refractivity contribution in [3.63, 3.8) is 0 Å². The average Bonchev–Trinajstić information content (AvgIpc) is 3.31. The van der Waals surface area contributed by atoms with Crippen molar-refractivity contribution < 1.29 is 9.59 Å². The maximum atomic E-state index is 12.4. The number of hydrogen-bond donors (Lipinski definition) is 3. The van der Waals surface area contributed by atoms with E-state index < -0.39 is 5.91 Å². The number of nitrogens with zero attached hydrogens (tertiary/aromatic N) is 2. The summed E-state index contributed by atoms with van der Waals surface area (Å²) < 4.78 is 0.397. The molecule has 2 aromatic rings. The molecule has 3 rings (SSSR count). The number of likely N-dealkylation sites (tertiary alicyclic amines) is 1. The van der Waals surface area contributed by atoms with Gasteiger partial charge in [-0.15, -0.1) is 0 Å². The molecule has 1 unspecified atom stereocenters. The lowest BCUT2D eigenvalue weighted by atomic mass is 10.2. The number of halogens is 2. The minimum atomic E-state index is -0.401. The number of aromatic nitrogens is 2. The monoisotopic (exact) mass is 453 g/mol. The van der Waals surface area contributed by atoms with Gasteiger partial charge in [0.25, 0.3) is 11.8 Å². The first-order chi connectivity index (χ1) is 13.0. The van der Waals surface area contributed by atoms with Gasteiger partial charge in [-0.3, -0.25) is 19.6 Å². The third-order valence-corrected chi connectivity index (χ3v) is 5.71. The van der Waals surface area contributed by atoms with Crippen LogP contribution in [0.1, 0.15) is 40.6 Å². The van der Waals surface area contributed by atoms with Gasteiger partial charge in [0.05, 0.1) is 15.1 Å². The highest BCUT2D eigenvalue weighted by atomic mass is 79.9. The second-order valence-electron chi connectivity index (χ2n) is 6.50. The molecule has 7 nitrogen and oxygen atoms in total. The summed E-state index contributed by atoms with van der Waals surface area (Å²) in [6.45, 7) is 4.79. The van der Waals surface area contributed by atoms with E-state index in [-0.39, 0.29) is 23.5 Å². The van der Waals surface area contributed by atoms with Crippen LogP contribution >= 0.6 is 27.5 Å². The van der Waals surface area contributed by atoms with Crippen LogP contribution in [-0.4, -0.2) is 52.6 Å². The lowest BCUT2D eigenvalue weighted by Gasteiger charge is -2.23. The fraction of sp³-hybridized carbons (Fsp3) is 0.389. The SMILES string of the molecule is CC(CNC(=O)c1[nH]nc(NC(=O)c2ccccc2Cl)c1Br)N1CCCC1. The summed E-state index contributed by atoms with van der Waals surface area (Å²) in [4.78, 5) is 27.2. The van der Waals surface area contributed by atoms with Gasteiger partial charge in [0.2, 0.25) is 0 Å². The van der Waals surface area contributed by atoms with Crippen LogP contribution < -0.4 is 10.6 Å². The number of H-pyrrole nitrogens is 1. The third kappa shape index (κ3) is 4.69. The molecular weight excluding hydrogens is 434 g/mol. The minimum absolute atomic E-state index is 0.234. The van der Waals surface area contributed by atoms with Crippen molar-refractivity contribution in [1.29, 1.82) is 0 Å². The van der Waals surface area contributed by atoms with E-state index in [1.165, 1.54) is 12.8 Å². The molecule has 1 fully saturated rings. The van der Waals surface area contributed by atoms with Crippen LogP contribution in [0.5, 0.6) is 0 Å². The van der Waals surface area contributed by atoms with E-state index in [9.17, 15) is 9.59 Å². The topological polar surface area (TPSA) is 90.1 Å². The molecule has 1 saturated heterocycles. The lowest BCUT2D eigenvalue weighted by molar-refractivity contribution is 0.0933. The highest BCUT2D eigenvalue weighted by Gasteiger charge is 2.22. The van der Waals surface area contributed by atoms with Gasteiger partial charge in [-0.05, 0) is 60.9 Å². The van der Waals surface area contributed by atoms with Crippen LogP contribution in [-0.2, 0) is 0 Å². The molecule has 0 aliphatic carbocycles. The molecule has 0 bridgehead atoms. The molecule has 3 N–H and O–H groups in total. The Kier molecular flexibility index (Phi) is 6.51. The zero-order chi connectivity index (χ0) is 19.4. The number of carbonyl (C=O) groups excluding carboxylic acids is 2. The number of benzene rings is 1. The Morgan fingerprint density at radius 2 is 2.00 bits per heavy atom. The summed E-state index contributed by atoms with van der Waals surface area (Å²) in [5.41, 5.74) is 0.595. The molecule has 1 atom stereocenters. The fourth-order valence-corrected chi connectivity index (χ4v) is 3.70. The van der Waals surface area contributed by atoms with Gasteiger partial charge in [-0.2, -0.15) is 5.10 Å². The van der Waals surface area contributed by atoms with E-state index in [4.69, 9.17) is 11.6 Å². The smallest absolute Gasteiger partial charge is 0.270 e. The summed E-state index contributed by atoms with van der Waals surface area (Å²) in [5.74, 6) is -0.446. The Morgan fingerprint density at radius 1 is 1.30 bits per heavy atom. The van der Waals surface area contributed by atoms with Crippen LogP contribution in [0.2, 0.25) is 5.02 Å². The molecule has 0 spiro atoms. The zero-order valence-electron chi connectivity index (χ0n) is 14.9. The first-order valence-corrected chi connectivity index (χ1v) is 9.96. The average molecular weight is 455 g/mol. The first kappa shape index (κ1) is 19.9. The quantitative estimate of drug-likeness (QED) is 0.625. The molecule has 9 heteroatoms. The maximum absolute atomic E-state index is 12.4. The summed E-state index contributed by atoms with van der Waals surface area (Å²) in [7, 11) is 0. The van der Waals surface area contributed by atoms with Crippen LogP contribution in [0.15, 0.2) is 28.7 Å². The van der Waals surface area contributed by atoms with Gasteiger partial charge in [0.15, 0.2) is 5.82 Å². The molecule has 1 aromatic heterocycles. The molecule has 1 aliphatic heterocycles. The maximum Gasteiger partial charge on any atom is 0.270 e. The molecule has 27 heavy (non-hydrogen) atoms.